The second-order valence-electron chi connectivity index (χ2n) is 1.70. The highest BCUT2D eigenvalue weighted by Crippen LogP contribution is 2.17. The average Bonchev–Trinajstić information content (AvgIpc) is 2.07. The van der Waals surface area contributed by atoms with Gasteiger partial charge in [0.25, 0.3) is 0 Å². The van der Waals surface area contributed by atoms with Crippen molar-refractivity contribution in [3.05, 3.63) is 27.9 Å². The molecule has 1 N–H and O–H groups in total. The number of halogens is 1. The number of pyridine rings is 1. The second kappa shape index (κ2) is 3.00. The van der Waals surface area contributed by atoms with Gasteiger partial charge in [-0.1, -0.05) is 0 Å². The topological polar surface area (TPSA) is 50.2 Å². The highest BCUT2D eigenvalue weighted by molar-refractivity contribution is 9.10. The van der Waals surface area contributed by atoms with Gasteiger partial charge in [-0.05, 0) is 28.3 Å². The summed E-state index contributed by atoms with van der Waals surface area (Å²) < 4.78 is 35.9. The molecule has 11 heavy (non-hydrogen) atoms. The molecule has 3 nitrogen and oxygen atoms in total. The van der Waals surface area contributed by atoms with E-state index in [1.807, 2.05) is 0 Å². The largest absolute Gasteiger partial charge is 0.478 e. The SMILES string of the molecule is [2H]c1nc([2H])c(C(=O)O)c(C([2H])([2H])[2H])c1Br. The van der Waals surface area contributed by atoms with Gasteiger partial charge in [-0.2, -0.15) is 0 Å². The van der Waals surface area contributed by atoms with Crippen molar-refractivity contribution in [2.24, 2.45) is 0 Å². The Hall–Kier alpha value is -0.900. The summed E-state index contributed by atoms with van der Waals surface area (Å²) in [6.45, 7) is -2.72. The van der Waals surface area contributed by atoms with Crippen molar-refractivity contribution in [2.75, 3.05) is 0 Å². The number of aromatic nitrogens is 1. The smallest absolute Gasteiger partial charge is 0.337 e. The van der Waals surface area contributed by atoms with E-state index in [0.29, 0.717) is 0 Å². The Kier molecular flexibility index (Phi) is 1.00. The molecule has 0 spiro atoms. The Morgan fingerprint density at radius 3 is 3.18 bits per heavy atom. The zero-order chi connectivity index (χ0) is 12.7. The van der Waals surface area contributed by atoms with E-state index in [0.717, 1.165) is 0 Å². The Morgan fingerprint density at radius 2 is 2.64 bits per heavy atom. The van der Waals surface area contributed by atoms with Gasteiger partial charge in [-0.3, -0.25) is 4.98 Å². The molecule has 0 saturated heterocycles. The standard InChI is InChI=1S/C7H6BrNO2/c1-4-5(7(10)11)2-9-3-6(4)8/h2-3H,1H3,(H,10,11)/i1D3,2D,3D. The summed E-state index contributed by atoms with van der Waals surface area (Å²) in [7, 11) is 0. The minimum atomic E-state index is -2.72. The minimum absolute atomic E-state index is 0.221. The molecule has 0 aromatic carbocycles. The normalized spacial score (nSPS) is 17.4. The van der Waals surface area contributed by atoms with Gasteiger partial charge in [0.15, 0.2) is 0 Å². The van der Waals surface area contributed by atoms with Crippen molar-refractivity contribution < 1.29 is 16.8 Å². The molecule has 0 fully saturated rings. The van der Waals surface area contributed by atoms with E-state index in [2.05, 4.69) is 20.9 Å². The highest BCUT2D eigenvalue weighted by atomic mass is 79.9. The van der Waals surface area contributed by atoms with Crippen LogP contribution >= 0.6 is 15.9 Å². The molecule has 58 valence electrons. The average molecular weight is 221 g/mol. The molecule has 0 amide bonds. The molecular formula is C7H6BrNO2. The van der Waals surface area contributed by atoms with Crippen LogP contribution in [0.25, 0.3) is 0 Å². The van der Waals surface area contributed by atoms with E-state index in [-0.39, 0.29) is 4.47 Å². The summed E-state index contributed by atoms with van der Waals surface area (Å²) in [6.07, 6.45) is -1.20. The Labute approximate surface area is 79.2 Å². The van der Waals surface area contributed by atoms with Crippen LogP contribution in [-0.4, -0.2) is 16.1 Å². The molecule has 4 heteroatoms. The van der Waals surface area contributed by atoms with Crippen LogP contribution in [0.3, 0.4) is 0 Å². The molecule has 0 unspecified atom stereocenters. The van der Waals surface area contributed by atoms with Crippen LogP contribution in [0.5, 0.6) is 0 Å². The number of nitrogens with zero attached hydrogens (tertiary/aromatic N) is 1. The van der Waals surface area contributed by atoms with E-state index >= 15 is 0 Å². The van der Waals surface area contributed by atoms with Crippen molar-refractivity contribution in [3.8, 4) is 0 Å². The maximum Gasteiger partial charge on any atom is 0.337 e. The molecular weight excluding hydrogens is 210 g/mol. The van der Waals surface area contributed by atoms with Crippen molar-refractivity contribution in [3.63, 3.8) is 0 Å². The first-order valence-electron chi connectivity index (χ1n) is 5.06. The van der Waals surface area contributed by atoms with Gasteiger partial charge in [-0.15, -0.1) is 0 Å². The molecule has 1 aromatic heterocycles. The number of hydrogen-bond acceptors (Lipinski definition) is 2. The number of rotatable bonds is 1. The molecule has 0 aliphatic heterocycles. The lowest BCUT2D eigenvalue weighted by Crippen LogP contribution is -2.00. The van der Waals surface area contributed by atoms with Crippen molar-refractivity contribution in [1.29, 1.82) is 0 Å². The lowest BCUT2D eigenvalue weighted by atomic mass is 10.2. The van der Waals surface area contributed by atoms with Gasteiger partial charge >= 0.3 is 5.97 Å². The Balaban J connectivity index is 3.72. The van der Waals surface area contributed by atoms with Crippen LogP contribution < -0.4 is 0 Å². The van der Waals surface area contributed by atoms with Crippen LogP contribution in [0.1, 0.15) is 22.8 Å². The summed E-state index contributed by atoms with van der Waals surface area (Å²) in [5.41, 5.74) is -1.27. The second-order valence-corrected chi connectivity index (χ2v) is 2.50. The highest BCUT2D eigenvalue weighted by Gasteiger charge is 2.08. The molecule has 0 radical (unpaired) electrons. The third kappa shape index (κ3) is 1.57. The van der Waals surface area contributed by atoms with Crippen LogP contribution in [-0.2, 0) is 0 Å². The molecule has 1 heterocycles. The van der Waals surface area contributed by atoms with Crippen LogP contribution in [0.15, 0.2) is 16.8 Å². The van der Waals surface area contributed by atoms with E-state index in [1.54, 1.807) is 0 Å². The first-order valence-corrected chi connectivity index (χ1v) is 3.36. The summed E-state index contributed by atoms with van der Waals surface area (Å²) in [6, 6.07) is 0. The molecule has 0 bridgehead atoms. The van der Waals surface area contributed by atoms with E-state index in [1.165, 1.54) is 0 Å². The summed E-state index contributed by atoms with van der Waals surface area (Å²) >= 11 is 2.81. The number of carboxylic acids is 1. The van der Waals surface area contributed by atoms with Crippen LogP contribution in [0.4, 0.5) is 0 Å². The molecule has 1 rings (SSSR count). The molecule has 0 atom stereocenters. The fourth-order valence-electron chi connectivity index (χ4n) is 0.509. The summed E-state index contributed by atoms with van der Waals surface area (Å²) in [5, 5.41) is 8.83. The molecule has 0 aliphatic rings. The monoisotopic (exact) mass is 220 g/mol. The van der Waals surface area contributed by atoms with Crippen molar-refractivity contribution >= 4 is 21.9 Å². The molecule has 0 saturated carbocycles. The quantitative estimate of drug-likeness (QED) is 0.787. The maximum atomic E-state index is 10.9. The van der Waals surface area contributed by atoms with Gasteiger partial charge in [0, 0.05) is 20.9 Å². The lowest BCUT2D eigenvalue weighted by Gasteiger charge is -2.00. The predicted octanol–water partition coefficient (Wildman–Crippen LogP) is 1.85. The fraction of sp³-hybridized carbons (Fsp3) is 0.143. The summed E-state index contributed by atoms with van der Waals surface area (Å²) in [5.74, 6) is -1.55. The van der Waals surface area contributed by atoms with E-state index in [9.17, 15) is 4.79 Å². The van der Waals surface area contributed by atoms with Crippen LogP contribution in [0.2, 0.25) is 0 Å². The van der Waals surface area contributed by atoms with Gasteiger partial charge in [0.2, 0.25) is 0 Å². The molecule has 1 aromatic rings. The maximum absolute atomic E-state index is 10.9. The van der Waals surface area contributed by atoms with Crippen LogP contribution in [0, 0.1) is 6.85 Å². The van der Waals surface area contributed by atoms with E-state index < -0.39 is 36.3 Å². The third-order valence-electron chi connectivity index (χ3n) is 1.01. The predicted molar refractivity (Wildman–Crippen MR) is 43.6 cm³/mol. The fourth-order valence-corrected chi connectivity index (χ4v) is 0.796. The van der Waals surface area contributed by atoms with Gasteiger partial charge in [0.05, 0.1) is 8.30 Å². The third-order valence-corrected chi connectivity index (χ3v) is 1.58. The van der Waals surface area contributed by atoms with Gasteiger partial charge in [0.1, 0.15) is 0 Å². The lowest BCUT2D eigenvalue weighted by molar-refractivity contribution is 0.0695. The van der Waals surface area contributed by atoms with Crippen molar-refractivity contribution in [2.45, 2.75) is 6.85 Å². The minimum Gasteiger partial charge on any atom is -0.478 e. The number of carbonyl (C=O) groups is 1. The van der Waals surface area contributed by atoms with Gasteiger partial charge < -0.3 is 5.11 Å². The number of aromatic carboxylic acids is 1. The Morgan fingerprint density at radius 1 is 1.91 bits per heavy atom. The van der Waals surface area contributed by atoms with Crippen molar-refractivity contribution in [1.82, 2.24) is 4.98 Å². The van der Waals surface area contributed by atoms with Gasteiger partial charge in [-0.25, -0.2) is 4.79 Å². The van der Waals surface area contributed by atoms with E-state index in [4.69, 9.17) is 12.0 Å². The summed E-state index contributed by atoms with van der Waals surface area (Å²) in [4.78, 5) is 14.2. The first kappa shape index (κ1) is 3.67. The Bertz CT molecular complexity index is 459. The molecule has 0 aliphatic carbocycles. The zero-order valence-corrected chi connectivity index (χ0v) is 6.77. The zero-order valence-electron chi connectivity index (χ0n) is 10.2. The number of hydrogen-bond donors (Lipinski definition) is 1. The number of carboxylic acid groups (broad SMARTS) is 1. The first-order chi connectivity index (χ1) is 7.16.